The zero-order valence-corrected chi connectivity index (χ0v) is 12.9. The van der Waals surface area contributed by atoms with E-state index in [1.807, 2.05) is 13.8 Å². The standard InChI is InChI=1S/C14H25N3O3/c1-11(2)9-17(13(4)19)10-14(20)16-7-5-15(6-8-16)12(3)18/h11H,5-10H2,1-4H3. The summed E-state index contributed by atoms with van der Waals surface area (Å²) >= 11 is 0. The Balaban J connectivity index is 2.50. The number of rotatable bonds is 4. The number of carbonyl (C=O) groups excluding carboxylic acids is 3. The summed E-state index contributed by atoms with van der Waals surface area (Å²) in [5, 5.41) is 0. The van der Waals surface area contributed by atoms with Crippen molar-refractivity contribution in [2.24, 2.45) is 5.92 Å². The largest absolute Gasteiger partial charge is 0.339 e. The summed E-state index contributed by atoms with van der Waals surface area (Å²) in [6, 6.07) is 0. The van der Waals surface area contributed by atoms with Crippen molar-refractivity contribution in [1.29, 1.82) is 0 Å². The van der Waals surface area contributed by atoms with Crippen LogP contribution in [0.3, 0.4) is 0 Å². The van der Waals surface area contributed by atoms with Gasteiger partial charge in [0.15, 0.2) is 0 Å². The zero-order valence-electron chi connectivity index (χ0n) is 12.9. The molecule has 114 valence electrons. The van der Waals surface area contributed by atoms with Gasteiger partial charge < -0.3 is 14.7 Å². The van der Waals surface area contributed by atoms with Gasteiger partial charge in [-0.3, -0.25) is 14.4 Å². The van der Waals surface area contributed by atoms with Gasteiger partial charge in [-0.15, -0.1) is 0 Å². The highest BCUT2D eigenvalue weighted by atomic mass is 16.2. The van der Waals surface area contributed by atoms with Gasteiger partial charge in [0.2, 0.25) is 17.7 Å². The first-order valence-electron chi connectivity index (χ1n) is 7.10. The minimum absolute atomic E-state index is 0.0379. The Morgan fingerprint density at radius 1 is 1.00 bits per heavy atom. The number of hydrogen-bond donors (Lipinski definition) is 0. The molecule has 0 saturated carbocycles. The SMILES string of the molecule is CC(=O)N1CCN(C(=O)CN(CC(C)C)C(C)=O)CC1. The molecule has 0 aromatic carbocycles. The Morgan fingerprint density at radius 3 is 1.90 bits per heavy atom. The minimum Gasteiger partial charge on any atom is -0.339 e. The molecule has 6 nitrogen and oxygen atoms in total. The average molecular weight is 283 g/mol. The van der Waals surface area contributed by atoms with Crippen LogP contribution in [0.25, 0.3) is 0 Å². The summed E-state index contributed by atoms with van der Waals surface area (Å²) in [6.07, 6.45) is 0. The van der Waals surface area contributed by atoms with Crippen LogP contribution in [0, 0.1) is 5.92 Å². The van der Waals surface area contributed by atoms with Crippen LogP contribution in [-0.4, -0.2) is 71.7 Å². The molecule has 3 amide bonds. The number of hydrogen-bond acceptors (Lipinski definition) is 3. The van der Waals surface area contributed by atoms with Crippen molar-refractivity contribution >= 4 is 17.7 Å². The molecule has 0 atom stereocenters. The fraction of sp³-hybridized carbons (Fsp3) is 0.786. The zero-order chi connectivity index (χ0) is 15.3. The molecule has 0 radical (unpaired) electrons. The van der Waals surface area contributed by atoms with Crippen LogP contribution < -0.4 is 0 Å². The molecule has 1 saturated heterocycles. The lowest BCUT2D eigenvalue weighted by Crippen LogP contribution is -2.52. The van der Waals surface area contributed by atoms with Crippen LogP contribution in [0.15, 0.2) is 0 Å². The van der Waals surface area contributed by atoms with Crippen LogP contribution in [-0.2, 0) is 14.4 Å². The lowest BCUT2D eigenvalue weighted by molar-refractivity contribution is -0.142. The molecule has 0 bridgehead atoms. The normalized spacial score (nSPS) is 15.4. The number of piperazine rings is 1. The van der Waals surface area contributed by atoms with Gasteiger partial charge in [-0.05, 0) is 5.92 Å². The molecule has 1 fully saturated rings. The fourth-order valence-corrected chi connectivity index (χ4v) is 2.28. The van der Waals surface area contributed by atoms with Crippen molar-refractivity contribution in [1.82, 2.24) is 14.7 Å². The van der Waals surface area contributed by atoms with Crippen LogP contribution >= 0.6 is 0 Å². The second-order valence-electron chi connectivity index (χ2n) is 5.68. The third-order valence-electron chi connectivity index (χ3n) is 3.43. The van der Waals surface area contributed by atoms with Crippen molar-refractivity contribution in [3.63, 3.8) is 0 Å². The van der Waals surface area contributed by atoms with E-state index in [1.54, 1.807) is 14.7 Å². The summed E-state index contributed by atoms with van der Waals surface area (Å²) in [5.74, 6) is 0.266. The van der Waals surface area contributed by atoms with Crippen molar-refractivity contribution < 1.29 is 14.4 Å². The van der Waals surface area contributed by atoms with Gasteiger partial charge in [-0.1, -0.05) is 13.8 Å². The molecule has 0 N–H and O–H groups in total. The Hall–Kier alpha value is -1.59. The molecule has 0 unspecified atom stereocenters. The second kappa shape index (κ2) is 7.26. The molecule has 1 aliphatic rings. The van der Waals surface area contributed by atoms with Gasteiger partial charge in [0.1, 0.15) is 0 Å². The van der Waals surface area contributed by atoms with Crippen LogP contribution in [0.1, 0.15) is 27.7 Å². The highest BCUT2D eigenvalue weighted by molar-refractivity contribution is 5.84. The molecule has 6 heteroatoms. The lowest BCUT2D eigenvalue weighted by atomic mass is 10.2. The smallest absolute Gasteiger partial charge is 0.242 e. The van der Waals surface area contributed by atoms with E-state index in [9.17, 15) is 14.4 Å². The van der Waals surface area contributed by atoms with Crippen molar-refractivity contribution in [3.05, 3.63) is 0 Å². The Kier molecular flexibility index (Phi) is 5.98. The summed E-state index contributed by atoms with van der Waals surface area (Å²) < 4.78 is 0. The molecule has 20 heavy (non-hydrogen) atoms. The summed E-state index contributed by atoms with van der Waals surface area (Å²) in [4.78, 5) is 40.0. The first-order chi connectivity index (χ1) is 9.31. The molecule has 0 spiro atoms. The van der Waals surface area contributed by atoms with Gasteiger partial charge >= 0.3 is 0 Å². The first-order valence-corrected chi connectivity index (χ1v) is 7.10. The predicted octanol–water partition coefficient (Wildman–Crippen LogP) is 0.182. The molecular formula is C14H25N3O3. The highest BCUT2D eigenvalue weighted by Gasteiger charge is 2.24. The minimum atomic E-state index is -0.0746. The van der Waals surface area contributed by atoms with E-state index in [2.05, 4.69) is 0 Å². The monoisotopic (exact) mass is 283 g/mol. The Morgan fingerprint density at radius 2 is 1.50 bits per heavy atom. The molecule has 1 rings (SSSR count). The maximum atomic E-state index is 12.2. The van der Waals surface area contributed by atoms with E-state index < -0.39 is 0 Å². The van der Waals surface area contributed by atoms with Gasteiger partial charge in [0, 0.05) is 46.6 Å². The maximum Gasteiger partial charge on any atom is 0.242 e. The quantitative estimate of drug-likeness (QED) is 0.739. The maximum absolute atomic E-state index is 12.2. The van der Waals surface area contributed by atoms with Crippen LogP contribution in [0.5, 0.6) is 0 Å². The summed E-state index contributed by atoms with van der Waals surface area (Å²) in [7, 11) is 0. The van der Waals surface area contributed by atoms with Gasteiger partial charge in [0.25, 0.3) is 0 Å². The Labute approximate surface area is 120 Å². The molecule has 1 heterocycles. The van der Waals surface area contributed by atoms with E-state index in [1.165, 1.54) is 13.8 Å². The van der Waals surface area contributed by atoms with Crippen LogP contribution in [0.4, 0.5) is 0 Å². The summed E-state index contributed by atoms with van der Waals surface area (Å²) in [6.45, 7) is 10.0. The van der Waals surface area contributed by atoms with Gasteiger partial charge in [0.05, 0.1) is 6.54 Å². The van der Waals surface area contributed by atoms with Crippen molar-refractivity contribution in [3.8, 4) is 0 Å². The highest BCUT2D eigenvalue weighted by Crippen LogP contribution is 2.05. The van der Waals surface area contributed by atoms with E-state index >= 15 is 0 Å². The lowest BCUT2D eigenvalue weighted by Gasteiger charge is -2.35. The number of amides is 3. The van der Waals surface area contributed by atoms with E-state index in [4.69, 9.17) is 0 Å². The fourth-order valence-electron chi connectivity index (χ4n) is 2.28. The van der Waals surface area contributed by atoms with E-state index in [0.29, 0.717) is 38.6 Å². The predicted molar refractivity (Wildman–Crippen MR) is 75.9 cm³/mol. The third kappa shape index (κ3) is 4.83. The van der Waals surface area contributed by atoms with Crippen LogP contribution in [0.2, 0.25) is 0 Å². The average Bonchev–Trinajstić information content (AvgIpc) is 2.37. The Bertz CT molecular complexity index is 374. The third-order valence-corrected chi connectivity index (χ3v) is 3.43. The molecule has 0 aromatic heterocycles. The van der Waals surface area contributed by atoms with Crippen molar-refractivity contribution in [2.75, 3.05) is 39.3 Å². The first kappa shape index (κ1) is 16.5. The van der Waals surface area contributed by atoms with E-state index in [-0.39, 0.29) is 24.3 Å². The second-order valence-corrected chi connectivity index (χ2v) is 5.68. The van der Waals surface area contributed by atoms with E-state index in [0.717, 1.165) is 0 Å². The summed E-state index contributed by atoms with van der Waals surface area (Å²) in [5.41, 5.74) is 0. The topological polar surface area (TPSA) is 60.9 Å². The number of nitrogens with zero attached hydrogens (tertiary/aromatic N) is 3. The van der Waals surface area contributed by atoms with Gasteiger partial charge in [-0.2, -0.15) is 0 Å². The molecule has 1 aliphatic heterocycles. The molecular weight excluding hydrogens is 258 g/mol. The molecule has 0 aliphatic carbocycles. The number of carbonyl (C=O) groups is 3. The van der Waals surface area contributed by atoms with Crippen molar-refractivity contribution in [2.45, 2.75) is 27.7 Å². The van der Waals surface area contributed by atoms with Gasteiger partial charge in [-0.25, -0.2) is 0 Å². The molecule has 0 aromatic rings.